The van der Waals surface area contributed by atoms with Crippen molar-refractivity contribution in [3.05, 3.63) is 0 Å². The van der Waals surface area contributed by atoms with E-state index in [-0.39, 0.29) is 0 Å². The molecule has 0 saturated carbocycles. The molecule has 2 N–H and O–H groups in total. The maximum absolute atomic E-state index is 5.49. The van der Waals surface area contributed by atoms with Crippen molar-refractivity contribution in [2.75, 3.05) is 40.4 Å². The van der Waals surface area contributed by atoms with Crippen LogP contribution in [-0.4, -0.2) is 63.4 Å². The van der Waals surface area contributed by atoms with Gasteiger partial charge in [0.1, 0.15) is 0 Å². The van der Waals surface area contributed by atoms with Gasteiger partial charge in [-0.1, -0.05) is 13.8 Å². The van der Waals surface area contributed by atoms with E-state index in [4.69, 9.17) is 4.74 Å². The number of rotatable bonds is 7. The van der Waals surface area contributed by atoms with Crippen LogP contribution in [0.3, 0.4) is 0 Å². The van der Waals surface area contributed by atoms with Gasteiger partial charge in [0, 0.05) is 31.2 Å². The Morgan fingerprint density at radius 1 is 1.33 bits per heavy atom. The highest BCUT2D eigenvalue weighted by atomic mass is 16.5. The molecular formula is C14H31N3O. The van der Waals surface area contributed by atoms with Gasteiger partial charge >= 0.3 is 0 Å². The molecule has 108 valence electrons. The van der Waals surface area contributed by atoms with Crippen LogP contribution in [0.5, 0.6) is 0 Å². The molecule has 1 aliphatic heterocycles. The second-order valence-electron chi connectivity index (χ2n) is 6.05. The van der Waals surface area contributed by atoms with E-state index in [1.165, 1.54) is 0 Å². The fraction of sp³-hybridized carbons (Fsp3) is 1.00. The van der Waals surface area contributed by atoms with E-state index < -0.39 is 0 Å². The molecule has 1 heterocycles. The smallest absolute Gasteiger partial charge is 0.0620 e. The van der Waals surface area contributed by atoms with Crippen LogP contribution in [0.2, 0.25) is 0 Å². The zero-order valence-corrected chi connectivity index (χ0v) is 12.7. The fourth-order valence-electron chi connectivity index (χ4n) is 2.62. The first kappa shape index (κ1) is 15.9. The van der Waals surface area contributed by atoms with Crippen LogP contribution in [0, 0.1) is 5.92 Å². The lowest BCUT2D eigenvalue weighted by Crippen LogP contribution is -2.48. The van der Waals surface area contributed by atoms with Crippen LogP contribution in [-0.2, 0) is 4.74 Å². The van der Waals surface area contributed by atoms with Crippen molar-refractivity contribution < 1.29 is 4.74 Å². The van der Waals surface area contributed by atoms with Gasteiger partial charge in [-0.25, -0.2) is 0 Å². The number of ether oxygens (including phenoxy) is 1. The summed E-state index contributed by atoms with van der Waals surface area (Å²) in [6.07, 6.45) is 1.14. The molecule has 0 aromatic heterocycles. The summed E-state index contributed by atoms with van der Waals surface area (Å²) in [4.78, 5) is 2.31. The first-order valence-corrected chi connectivity index (χ1v) is 7.21. The molecule has 0 spiro atoms. The van der Waals surface area contributed by atoms with Gasteiger partial charge in [0.05, 0.1) is 13.2 Å². The van der Waals surface area contributed by atoms with Crippen LogP contribution >= 0.6 is 0 Å². The number of likely N-dealkylation sites (N-methyl/N-ethyl adjacent to an activating group) is 1. The van der Waals surface area contributed by atoms with E-state index in [0.29, 0.717) is 24.0 Å². The van der Waals surface area contributed by atoms with Crippen molar-refractivity contribution in [2.24, 2.45) is 5.92 Å². The average molecular weight is 257 g/mol. The zero-order valence-electron chi connectivity index (χ0n) is 12.7. The largest absolute Gasteiger partial charge is 0.379 e. The zero-order chi connectivity index (χ0) is 13.5. The summed E-state index contributed by atoms with van der Waals surface area (Å²) in [5.74, 6) is 0.677. The Labute approximate surface area is 112 Å². The van der Waals surface area contributed by atoms with Crippen LogP contribution in [0.25, 0.3) is 0 Å². The highest BCUT2D eigenvalue weighted by Gasteiger charge is 2.19. The first-order chi connectivity index (χ1) is 8.50. The molecule has 0 bridgehead atoms. The van der Waals surface area contributed by atoms with Gasteiger partial charge < -0.3 is 20.3 Å². The van der Waals surface area contributed by atoms with E-state index in [1.807, 2.05) is 0 Å². The van der Waals surface area contributed by atoms with Crippen molar-refractivity contribution >= 4 is 0 Å². The number of hydrogen-bond donors (Lipinski definition) is 2. The highest BCUT2D eigenvalue weighted by Crippen LogP contribution is 2.08. The highest BCUT2D eigenvalue weighted by molar-refractivity contribution is 4.79. The molecule has 0 amide bonds. The lowest BCUT2D eigenvalue weighted by molar-refractivity contribution is 0.0708. The molecule has 0 radical (unpaired) electrons. The molecule has 1 saturated heterocycles. The Bertz CT molecular complexity index is 207. The molecule has 4 heteroatoms. The van der Waals surface area contributed by atoms with Gasteiger partial charge in [-0.05, 0) is 33.4 Å². The van der Waals surface area contributed by atoms with Crippen molar-refractivity contribution in [1.82, 2.24) is 15.5 Å². The predicted molar refractivity (Wildman–Crippen MR) is 77.0 cm³/mol. The second-order valence-corrected chi connectivity index (χ2v) is 6.05. The third kappa shape index (κ3) is 5.65. The summed E-state index contributed by atoms with van der Waals surface area (Å²) in [5.41, 5.74) is 0. The molecule has 1 aliphatic rings. The molecule has 18 heavy (non-hydrogen) atoms. The minimum atomic E-state index is 0.512. The maximum Gasteiger partial charge on any atom is 0.0620 e. The minimum Gasteiger partial charge on any atom is -0.379 e. The number of nitrogens with zero attached hydrogens (tertiary/aromatic N) is 1. The Morgan fingerprint density at radius 2 is 2.06 bits per heavy atom. The lowest BCUT2D eigenvalue weighted by atomic mass is 10.0. The van der Waals surface area contributed by atoms with Crippen molar-refractivity contribution in [3.63, 3.8) is 0 Å². The summed E-state index contributed by atoms with van der Waals surface area (Å²) >= 11 is 0. The normalized spacial score (nSPS) is 24.5. The topological polar surface area (TPSA) is 36.5 Å². The van der Waals surface area contributed by atoms with Gasteiger partial charge in [0.25, 0.3) is 0 Å². The van der Waals surface area contributed by atoms with E-state index in [0.717, 1.165) is 32.7 Å². The first-order valence-electron chi connectivity index (χ1n) is 7.21. The number of morpholine rings is 1. The molecule has 0 aromatic rings. The van der Waals surface area contributed by atoms with Crippen LogP contribution in [0.15, 0.2) is 0 Å². The summed E-state index contributed by atoms with van der Waals surface area (Å²) in [7, 11) is 4.32. The molecule has 4 nitrogen and oxygen atoms in total. The molecular weight excluding hydrogens is 226 g/mol. The summed E-state index contributed by atoms with van der Waals surface area (Å²) in [6.45, 7) is 10.6. The lowest BCUT2D eigenvalue weighted by Gasteiger charge is -2.31. The average Bonchev–Trinajstić information content (AvgIpc) is 2.29. The molecule has 3 atom stereocenters. The van der Waals surface area contributed by atoms with Gasteiger partial charge in [-0.2, -0.15) is 0 Å². The van der Waals surface area contributed by atoms with E-state index in [9.17, 15) is 0 Å². The van der Waals surface area contributed by atoms with Gasteiger partial charge in [0.15, 0.2) is 0 Å². The van der Waals surface area contributed by atoms with E-state index in [1.54, 1.807) is 0 Å². The van der Waals surface area contributed by atoms with Crippen molar-refractivity contribution in [2.45, 2.75) is 45.3 Å². The Balaban J connectivity index is 2.24. The van der Waals surface area contributed by atoms with Crippen LogP contribution in [0.1, 0.15) is 27.2 Å². The Morgan fingerprint density at radius 3 is 2.56 bits per heavy atom. The second kappa shape index (κ2) is 8.10. The third-order valence-electron chi connectivity index (χ3n) is 3.74. The van der Waals surface area contributed by atoms with Gasteiger partial charge in [-0.15, -0.1) is 0 Å². The monoisotopic (exact) mass is 257 g/mol. The van der Waals surface area contributed by atoms with Crippen LogP contribution < -0.4 is 10.6 Å². The Hall–Kier alpha value is -0.160. The van der Waals surface area contributed by atoms with Gasteiger partial charge in [-0.3, -0.25) is 0 Å². The molecule has 1 fully saturated rings. The minimum absolute atomic E-state index is 0.512. The van der Waals surface area contributed by atoms with Gasteiger partial charge in [0.2, 0.25) is 0 Å². The number of nitrogens with one attached hydrogen (secondary N) is 2. The maximum atomic E-state index is 5.49. The standard InChI is InChI=1S/C14H31N3O/c1-11(2)14(17(4)5)9-16-12(3)8-13-10-18-7-6-15-13/h11-16H,6-10H2,1-5H3. The van der Waals surface area contributed by atoms with E-state index >= 15 is 0 Å². The summed E-state index contributed by atoms with van der Waals surface area (Å²) in [6, 6.07) is 1.64. The summed E-state index contributed by atoms with van der Waals surface area (Å²) < 4.78 is 5.49. The predicted octanol–water partition coefficient (Wildman–Crippen LogP) is 0.929. The van der Waals surface area contributed by atoms with Crippen molar-refractivity contribution in [3.8, 4) is 0 Å². The molecule has 1 rings (SSSR count). The van der Waals surface area contributed by atoms with E-state index in [2.05, 4.69) is 50.4 Å². The fourth-order valence-corrected chi connectivity index (χ4v) is 2.62. The van der Waals surface area contributed by atoms with Crippen molar-refractivity contribution in [1.29, 1.82) is 0 Å². The summed E-state index contributed by atoms with van der Waals surface area (Å²) in [5, 5.41) is 7.16. The Kier molecular flexibility index (Phi) is 7.15. The van der Waals surface area contributed by atoms with Crippen LogP contribution in [0.4, 0.5) is 0 Å². The quantitative estimate of drug-likeness (QED) is 0.711. The number of hydrogen-bond acceptors (Lipinski definition) is 4. The molecule has 0 aliphatic carbocycles. The molecule has 3 unspecified atom stereocenters. The SMILES string of the molecule is CC(CC1COCCN1)NCC(C(C)C)N(C)C. The third-order valence-corrected chi connectivity index (χ3v) is 3.74. The molecule has 0 aromatic carbocycles.